The normalized spacial score (nSPS) is 13.4. The van der Waals surface area contributed by atoms with Gasteiger partial charge in [-0.05, 0) is 30.2 Å². The molecule has 1 atom stereocenters. The Bertz CT molecular complexity index is 532. The fourth-order valence-corrected chi connectivity index (χ4v) is 2.84. The molecule has 0 saturated carbocycles. The smallest absolute Gasteiger partial charge is 0.243 e. The van der Waals surface area contributed by atoms with Crippen molar-refractivity contribution in [1.82, 2.24) is 10.0 Å². The van der Waals surface area contributed by atoms with Gasteiger partial charge in [0.05, 0.1) is 0 Å². The quantitative estimate of drug-likeness (QED) is 0.774. The molecule has 4 nitrogen and oxygen atoms in total. The van der Waals surface area contributed by atoms with Gasteiger partial charge in [-0.1, -0.05) is 33.3 Å². The van der Waals surface area contributed by atoms with Gasteiger partial charge >= 0.3 is 0 Å². The molecule has 20 heavy (non-hydrogen) atoms. The Morgan fingerprint density at radius 3 is 2.55 bits per heavy atom. The molecule has 2 N–H and O–H groups in total. The molecule has 114 valence electrons. The second-order valence-corrected chi connectivity index (χ2v) is 6.65. The lowest BCUT2D eigenvalue weighted by Gasteiger charge is -2.12. The van der Waals surface area contributed by atoms with Gasteiger partial charge in [0.15, 0.2) is 0 Å². The highest BCUT2D eigenvalue weighted by Crippen LogP contribution is 2.16. The van der Waals surface area contributed by atoms with Crippen LogP contribution in [0.25, 0.3) is 0 Å². The van der Waals surface area contributed by atoms with E-state index in [1.165, 1.54) is 12.1 Å². The molecule has 0 aromatic heterocycles. The monoisotopic (exact) mass is 302 g/mol. The first-order valence-electron chi connectivity index (χ1n) is 6.89. The zero-order valence-corrected chi connectivity index (χ0v) is 13.1. The molecule has 0 aliphatic heterocycles. The highest BCUT2D eigenvalue weighted by Gasteiger charge is 2.19. The molecule has 0 fully saturated rings. The molecule has 0 heterocycles. The topological polar surface area (TPSA) is 58.2 Å². The van der Waals surface area contributed by atoms with Crippen LogP contribution < -0.4 is 10.0 Å². The van der Waals surface area contributed by atoms with Gasteiger partial charge in [-0.15, -0.1) is 0 Å². The SMILES string of the molecule is CCNCc1ccc(S(=O)(=O)NCC(C)CC)c(F)c1. The van der Waals surface area contributed by atoms with E-state index in [1.807, 2.05) is 20.8 Å². The number of halogens is 1. The lowest BCUT2D eigenvalue weighted by atomic mass is 10.1. The number of rotatable bonds is 8. The summed E-state index contributed by atoms with van der Waals surface area (Å²) in [6.45, 7) is 7.49. The summed E-state index contributed by atoms with van der Waals surface area (Å²) in [6, 6.07) is 4.21. The number of hydrogen-bond acceptors (Lipinski definition) is 3. The Kier molecular flexibility index (Phi) is 6.58. The molecule has 0 aliphatic carbocycles. The molecule has 0 radical (unpaired) electrons. The van der Waals surface area contributed by atoms with Crippen LogP contribution >= 0.6 is 0 Å². The lowest BCUT2D eigenvalue weighted by molar-refractivity contribution is 0.521. The van der Waals surface area contributed by atoms with E-state index in [2.05, 4.69) is 10.0 Å². The van der Waals surface area contributed by atoms with Gasteiger partial charge in [-0.2, -0.15) is 0 Å². The average molecular weight is 302 g/mol. The predicted octanol–water partition coefficient (Wildman–Crippen LogP) is 2.26. The Labute approximate surface area is 120 Å². The largest absolute Gasteiger partial charge is 0.313 e. The van der Waals surface area contributed by atoms with E-state index in [4.69, 9.17) is 0 Å². The molecule has 0 bridgehead atoms. The van der Waals surface area contributed by atoms with Crippen molar-refractivity contribution in [2.45, 2.75) is 38.6 Å². The van der Waals surface area contributed by atoms with Gasteiger partial charge in [0.25, 0.3) is 0 Å². The molecule has 6 heteroatoms. The molecule has 1 aromatic rings. The molecule has 0 saturated heterocycles. The maximum absolute atomic E-state index is 13.9. The van der Waals surface area contributed by atoms with Gasteiger partial charge in [-0.3, -0.25) is 0 Å². The maximum Gasteiger partial charge on any atom is 0.243 e. The van der Waals surface area contributed by atoms with Crippen LogP contribution in [0.4, 0.5) is 4.39 Å². The Morgan fingerprint density at radius 1 is 1.30 bits per heavy atom. The molecule has 0 amide bonds. The third-order valence-corrected chi connectivity index (χ3v) is 4.64. The number of nitrogens with one attached hydrogen (secondary N) is 2. The van der Waals surface area contributed by atoms with E-state index in [0.717, 1.165) is 18.5 Å². The van der Waals surface area contributed by atoms with Crippen molar-refractivity contribution >= 4 is 10.0 Å². The summed E-state index contributed by atoms with van der Waals surface area (Å²) in [5, 5.41) is 3.07. The molecule has 0 spiro atoms. The first-order chi connectivity index (χ1) is 9.40. The maximum atomic E-state index is 13.9. The number of sulfonamides is 1. The van der Waals surface area contributed by atoms with Crippen LogP contribution in [0, 0.1) is 11.7 Å². The molecule has 1 unspecified atom stereocenters. The van der Waals surface area contributed by atoms with Crippen molar-refractivity contribution in [1.29, 1.82) is 0 Å². The predicted molar refractivity (Wildman–Crippen MR) is 78.4 cm³/mol. The molecular formula is C14H23FN2O2S. The zero-order chi connectivity index (χ0) is 15.2. The second-order valence-electron chi connectivity index (χ2n) is 4.91. The highest BCUT2D eigenvalue weighted by molar-refractivity contribution is 7.89. The van der Waals surface area contributed by atoms with E-state index >= 15 is 0 Å². The summed E-state index contributed by atoms with van der Waals surface area (Å²) in [4.78, 5) is -0.291. The van der Waals surface area contributed by atoms with Crippen molar-refractivity contribution in [3.8, 4) is 0 Å². The van der Waals surface area contributed by atoms with Crippen LogP contribution in [0.1, 0.15) is 32.8 Å². The van der Waals surface area contributed by atoms with Crippen LogP contribution in [-0.2, 0) is 16.6 Å². The summed E-state index contributed by atoms with van der Waals surface area (Å²) in [5.74, 6) is -0.488. The number of hydrogen-bond donors (Lipinski definition) is 2. The standard InChI is InChI=1S/C14H23FN2O2S/c1-4-11(3)9-17-20(18,19)14-7-6-12(8-13(14)15)10-16-5-2/h6-8,11,16-17H,4-5,9-10H2,1-3H3. The van der Waals surface area contributed by atoms with Crippen LogP contribution in [0.5, 0.6) is 0 Å². The zero-order valence-electron chi connectivity index (χ0n) is 12.2. The van der Waals surface area contributed by atoms with Crippen LogP contribution in [0.15, 0.2) is 23.1 Å². The fraction of sp³-hybridized carbons (Fsp3) is 0.571. The van der Waals surface area contributed by atoms with Crippen molar-refractivity contribution in [3.63, 3.8) is 0 Å². The first-order valence-corrected chi connectivity index (χ1v) is 8.37. The van der Waals surface area contributed by atoms with Gasteiger partial charge in [-0.25, -0.2) is 17.5 Å². The van der Waals surface area contributed by atoms with Crippen LogP contribution in [0.3, 0.4) is 0 Å². The third-order valence-electron chi connectivity index (χ3n) is 3.18. The van der Waals surface area contributed by atoms with Crippen molar-refractivity contribution in [2.75, 3.05) is 13.1 Å². The van der Waals surface area contributed by atoms with Crippen molar-refractivity contribution in [3.05, 3.63) is 29.6 Å². The van der Waals surface area contributed by atoms with E-state index in [9.17, 15) is 12.8 Å². The van der Waals surface area contributed by atoms with Gasteiger partial charge in [0.2, 0.25) is 10.0 Å². The minimum absolute atomic E-state index is 0.223. The third kappa shape index (κ3) is 4.85. The molecule has 0 aliphatic rings. The molecule has 1 rings (SSSR count). The van der Waals surface area contributed by atoms with E-state index in [-0.39, 0.29) is 10.8 Å². The second kappa shape index (κ2) is 7.71. The average Bonchev–Trinajstić information content (AvgIpc) is 2.42. The lowest BCUT2D eigenvalue weighted by Crippen LogP contribution is -2.29. The van der Waals surface area contributed by atoms with Crippen LogP contribution in [-0.4, -0.2) is 21.5 Å². The van der Waals surface area contributed by atoms with Gasteiger partial charge in [0.1, 0.15) is 10.7 Å². The molecule has 1 aromatic carbocycles. The fourth-order valence-electron chi connectivity index (χ4n) is 1.62. The summed E-state index contributed by atoms with van der Waals surface area (Å²) < 4.78 is 40.4. The minimum Gasteiger partial charge on any atom is -0.313 e. The first kappa shape index (κ1) is 17.1. The summed E-state index contributed by atoms with van der Waals surface area (Å²) in [6.07, 6.45) is 0.868. The Hall–Kier alpha value is -0.980. The van der Waals surface area contributed by atoms with E-state index in [0.29, 0.717) is 13.1 Å². The van der Waals surface area contributed by atoms with Gasteiger partial charge in [0, 0.05) is 13.1 Å². The summed E-state index contributed by atoms with van der Waals surface area (Å²) in [5.41, 5.74) is 0.727. The number of benzene rings is 1. The Balaban J connectivity index is 2.84. The van der Waals surface area contributed by atoms with Crippen LogP contribution in [0.2, 0.25) is 0 Å². The van der Waals surface area contributed by atoms with E-state index in [1.54, 1.807) is 6.07 Å². The summed E-state index contributed by atoms with van der Waals surface area (Å²) in [7, 11) is -3.78. The Morgan fingerprint density at radius 2 is 2.00 bits per heavy atom. The van der Waals surface area contributed by atoms with Gasteiger partial charge < -0.3 is 5.32 Å². The minimum atomic E-state index is -3.78. The molecular weight excluding hydrogens is 279 g/mol. The van der Waals surface area contributed by atoms with Crippen molar-refractivity contribution < 1.29 is 12.8 Å². The van der Waals surface area contributed by atoms with Crippen molar-refractivity contribution in [2.24, 2.45) is 5.92 Å². The highest BCUT2D eigenvalue weighted by atomic mass is 32.2. The van der Waals surface area contributed by atoms with E-state index < -0.39 is 15.8 Å². The summed E-state index contributed by atoms with van der Waals surface area (Å²) >= 11 is 0.